The highest BCUT2D eigenvalue weighted by Gasteiger charge is 2.37. The quantitative estimate of drug-likeness (QED) is 0.513. The highest BCUT2D eigenvalue weighted by atomic mass is 35.5. The molecule has 0 aliphatic heterocycles. The summed E-state index contributed by atoms with van der Waals surface area (Å²) in [5.74, 6) is -1.34. The molecule has 1 N–H and O–H groups in total. The smallest absolute Gasteiger partial charge is 0.293 e. The second-order valence-electron chi connectivity index (χ2n) is 6.01. The lowest BCUT2D eigenvalue weighted by atomic mass is 10.3. The molecule has 0 fully saturated rings. The monoisotopic (exact) mass is 421 g/mol. The molecule has 4 aromatic rings. The van der Waals surface area contributed by atoms with Gasteiger partial charge in [-0.25, -0.2) is 0 Å². The van der Waals surface area contributed by atoms with Crippen molar-refractivity contribution in [3.8, 4) is 5.82 Å². The Hall–Kier alpha value is -3.47. The summed E-state index contributed by atoms with van der Waals surface area (Å²) in [5.41, 5.74) is 0.610. The van der Waals surface area contributed by atoms with Crippen molar-refractivity contribution < 1.29 is 13.2 Å². The molecule has 0 saturated heterocycles. The zero-order valence-electron chi connectivity index (χ0n) is 14.6. The van der Waals surface area contributed by atoms with Crippen molar-refractivity contribution in [3.05, 3.63) is 68.9 Å². The van der Waals surface area contributed by atoms with E-state index in [1.165, 1.54) is 18.3 Å². The zero-order chi connectivity index (χ0) is 20.8. The average molecular weight is 422 g/mol. The van der Waals surface area contributed by atoms with E-state index >= 15 is 0 Å². The number of aromatic amines is 1. The van der Waals surface area contributed by atoms with Crippen molar-refractivity contribution in [2.45, 2.75) is 13.1 Å². The second kappa shape index (κ2) is 6.85. The fourth-order valence-corrected chi connectivity index (χ4v) is 2.83. The lowest BCUT2D eigenvalue weighted by molar-refractivity contribution is -0.146. The largest absolute Gasteiger partial charge is 0.453 e. The molecule has 0 saturated carbocycles. The van der Waals surface area contributed by atoms with Crippen LogP contribution in [0.25, 0.3) is 11.5 Å². The normalized spacial score (nSPS) is 12.3. The van der Waals surface area contributed by atoms with Crippen molar-refractivity contribution in [1.29, 1.82) is 0 Å². The predicted octanol–water partition coefficient (Wildman–Crippen LogP) is 3.33. The Bertz CT molecular complexity index is 1300. The van der Waals surface area contributed by atoms with Crippen LogP contribution in [0.3, 0.4) is 0 Å². The highest BCUT2D eigenvalue weighted by Crippen LogP contribution is 2.27. The number of aryl methyl sites for hydroxylation is 1. The fraction of sp³-hybridized carbons (Fsp3) is 0.118. The summed E-state index contributed by atoms with van der Waals surface area (Å²) in [6.45, 7) is 1.63. The van der Waals surface area contributed by atoms with Gasteiger partial charge in [0.05, 0.1) is 11.3 Å². The van der Waals surface area contributed by atoms with Crippen LogP contribution in [0.15, 0.2) is 46.2 Å². The van der Waals surface area contributed by atoms with Gasteiger partial charge in [-0.2, -0.15) is 22.4 Å². The first-order chi connectivity index (χ1) is 13.7. The van der Waals surface area contributed by atoms with Gasteiger partial charge in [-0.15, -0.1) is 15.3 Å². The van der Waals surface area contributed by atoms with Crippen LogP contribution in [0, 0.1) is 6.92 Å². The van der Waals surface area contributed by atoms with E-state index in [0.29, 0.717) is 20.9 Å². The first kappa shape index (κ1) is 18.9. The molecule has 4 rings (SSSR count). The number of halogens is 4. The first-order valence-corrected chi connectivity index (χ1v) is 8.53. The van der Waals surface area contributed by atoms with E-state index in [-0.39, 0.29) is 17.0 Å². The van der Waals surface area contributed by atoms with E-state index in [2.05, 4.69) is 25.4 Å². The fourth-order valence-electron chi connectivity index (χ4n) is 2.64. The summed E-state index contributed by atoms with van der Waals surface area (Å²) >= 11 is 5.91. The summed E-state index contributed by atoms with van der Waals surface area (Å²) in [6, 6.07) is 9.39. The number of nitrogens with zero attached hydrogens (tertiary/aromatic N) is 6. The van der Waals surface area contributed by atoms with Crippen LogP contribution in [0.5, 0.6) is 0 Å². The van der Waals surface area contributed by atoms with Gasteiger partial charge in [-0.05, 0) is 37.3 Å². The summed E-state index contributed by atoms with van der Waals surface area (Å²) in [5, 5.41) is 13.7. The number of benzene rings is 1. The first-order valence-electron chi connectivity index (χ1n) is 8.15. The minimum Gasteiger partial charge on any atom is -0.293 e. The molecular weight excluding hydrogens is 411 g/mol. The molecule has 0 unspecified atom stereocenters. The van der Waals surface area contributed by atoms with Gasteiger partial charge in [0.15, 0.2) is 11.5 Å². The summed E-state index contributed by atoms with van der Waals surface area (Å²) in [7, 11) is 0. The van der Waals surface area contributed by atoms with Gasteiger partial charge in [-0.3, -0.25) is 14.9 Å². The third-order valence-corrected chi connectivity index (χ3v) is 4.23. The minimum atomic E-state index is -4.74. The molecule has 0 radical (unpaired) electrons. The molecule has 0 bridgehead atoms. The third-order valence-electron chi connectivity index (χ3n) is 4.00. The van der Waals surface area contributed by atoms with Crippen molar-refractivity contribution >= 4 is 29.2 Å². The van der Waals surface area contributed by atoms with Gasteiger partial charge in [0.2, 0.25) is 0 Å². The van der Waals surface area contributed by atoms with Gasteiger partial charge < -0.3 is 0 Å². The molecule has 8 nitrogen and oxygen atoms in total. The standard InChI is InChI=1S/C17H11ClF3N7O/c1-9-12(8-22-11-4-2-3-10(18)7-11)15(29)27(25-9)14-6-5-13-23-24-16(17(19,20)21)28(13)26-14/h2-8,25H,1H3. The van der Waals surface area contributed by atoms with E-state index in [0.717, 1.165) is 4.68 Å². The highest BCUT2D eigenvalue weighted by molar-refractivity contribution is 6.30. The van der Waals surface area contributed by atoms with Gasteiger partial charge in [0.1, 0.15) is 0 Å². The number of fused-ring (bicyclic) bond motifs is 1. The lowest BCUT2D eigenvalue weighted by Crippen LogP contribution is -2.20. The van der Waals surface area contributed by atoms with Crippen molar-refractivity contribution in [2.24, 2.45) is 4.99 Å². The third kappa shape index (κ3) is 3.51. The van der Waals surface area contributed by atoms with Crippen LogP contribution in [0.1, 0.15) is 17.1 Å². The van der Waals surface area contributed by atoms with Gasteiger partial charge in [-0.1, -0.05) is 17.7 Å². The van der Waals surface area contributed by atoms with Crippen LogP contribution < -0.4 is 5.56 Å². The molecule has 0 atom stereocenters. The second-order valence-corrected chi connectivity index (χ2v) is 6.45. The molecule has 3 aromatic heterocycles. The Balaban J connectivity index is 1.77. The summed E-state index contributed by atoms with van der Waals surface area (Å²) in [4.78, 5) is 17.0. The molecule has 0 spiro atoms. The Morgan fingerprint density at radius 2 is 2.00 bits per heavy atom. The molecule has 29 heavy (non-hydrogen) atoms. The lowest BCUT2D eigenvalue weighted by Gasteiger charge is -2.05. The van der Waals surface area contributed by atoms with E-state index in [9.17, 15) is 18.0 Å². The van der Waals surface area contributed by atoms with Crippen LogP contribution in [0.2, 0.25) is 5.02 Å². The van der Waals surface area contributed by atoms with Crippen molar-refractivity contribution in [2.75, 3.05) is 0 Å². The maximum Gasteiger partial charge on any atom is 0.453 e. The topological polar surface area (TPSA) is 93.2 Å². The Morgan fingerprint density at radius 1 is 1.21 bits per heavy atom. The van der Waals surface area contributed by atoms with Crippen molar-refractivity contribution in [3.63, 3.8) is 0 Å². The number of hydrogen-bond donors (Lipinski definition) is 1. The van der Waals surface area contributed by atoms with Crippen LogP contribution in [-0.4, -0.2) is 35.8 Å². The number of rotatable bonds is 3. The van der Waals surface area contributed by atoms with Crippen LogP contribution >= 0.6 is 11.6 Å². The zero-order valence-corrected chi connectivity index (χ0v) is 15.4. The van der Waals surface area contributed by atoms with Gasteiger partial charge >= 0.3 is 6.18 Å². The molecule has 0 aliphatic rings. The Labute approximate surface area is 165 Å². The molecule has 0 aliphatic carbocycles. The van der Waals surface area contributed by atoms with Gasteiger partial charge in [0, 0.05) is 16.9 Å². The van der Waals surface area contributed by atoms with Crippen LogP contribution in [0.4, 0.5) is 18.9 Å². The van der Waals surface area contributed by atoms with Gasteiger partial charge in [0.25, 0.3) is 11.4 Å². The maximum absolute atomic E-state index is 13.1. The Kier molecular flexibility index (Phi) is 4.46. The SMILES string of the molecule is Cc1[nH]n(-c2ccc3nnc(C(F)(F)F)n3n2)c(=O)c1C=Nc1cccc(Cl)c1. The Morgan fingerprint density at radius 3 is 2.72 bits per heavy atom. The molecule has 1 aromatic carbocycles. The van der Waals surface area contributed by atoms with E-state index in [1.807, 2.05) is 0 Å². The molecule has 148 valence electrons. The van der Waals surface area contributed by atoms with E-state index in [4.69, 9.17) is 11.6 Å². The van der Waals surface area contributed by atoms with Crippen molar-refractivity contribution in [1.82, 2.24) is 29.6 Å². The average Bonchev–Trinajstić information content (AvgIpc) is 3.20. The molecule has 3 heterocycles. The van der Waals surface area contributed by atoms with Crippen LogP contribution in [-0.2, 0) is 6.18 Å². The molecule has 12 heteroatoms. The minimum absolute atomic E-state index is 0.0571. The molecule has 0 amide bonds. The number of alkyl halides is 3. The number of H-pyrrole nitrogens is 1. The number of aromatic nitrogens is 6. The van der Waals surface area contributed by atoms with E-state index < -0.39 is 17.6 Å². The number of aliphatic imine (C=N–C) groups is 1. The van der Waals surface area contributed by atoms with E-state index in [1.54, 1.807) is 31.2 Å². The maximum atomic E-state index is 13.1. The molecular formula is C17H11ClF3N7O. The number of nitrogens with one attached hydrogen (secondary N) is 1. The summed E-state index contributed by atoms with van der Waals surface area (Å²) < 4.78 is 40.7. The summed E-state index contributed by atoms with van der Waals surface area (Å²) in [6.07, 6.45) is -3.38. The predicted molar refractivity (Wildman–Crippen MR) is 99.2 cm³/mol. The number of hydrogen-bond acceptors (Lipinski definition) is 5.